The standard InChI is InChI=1S/C16H16F3N3O3/c1-7(2)15-12(8(3)22-25-15)16(24)20-6-11(23)21-10-5-4-9(17)13(18)14(10)19/h4-5,7H,6H2,1-3H3,(H,20,24)(H,21,23). The molecule has 1 aromatic carbocycles. The van der Waals surface area contributed by atoms with E-state index in [1.807, 2.05) is 13.8 Å². The van der Waals surface area contributed by atoms with E-state index in [0.29, 0.717) is 17.5 Å². The van der Waals surface area contributed by atoms with E-state index in [0.717, 1.165) is 6.07 Å². The normalized spacial score (nSPS) is 10.8. The van der Waals surface area contributed by atoms with Crippen LogP contribution < -0.4 is 10.6 Å². The predicted octanol–water partition coefficient (Wildman–Crippen LogP) is 2.89. The van der Waals surface area contributed by atoms with Gasteiger partial charge < -0.3 is 15.2 Å². The summed E-state index contributed by atoms with van der Waals surface area (Å²) >= 11 is 0. The minimum absolute atomic E-state index is 0.0907. The Kier molecular flexibility index (Phi) is 5.45. The van der Waals surface area contributed by atoms with Crippen LogP contribution in [0.15, 0.2) is 16.7 Å². The summed E-state index contributed by atoms with van der Waals surface area (Å²) in [4.78, 5) is 24.0. The van der Waals surface area contributed by atoms with E-state index in [2.05, 4.69) is 15.8 Å². The average Bonchev–Trinajstić information content (AvgIpc) is 2.95. The molecule has 9 heteroatoms. The van der Waals surface area contributed by atoms with Crippen molar-refractivity contribution in [3.05, 3.63) is 46.6 Å². The van der Waals surface area contributed by atoms with Gasteiger partial charge in [0.2, 0.25) is 5.91 Å². The molecule has 0 aliphatic rings. The molecule has 2 N–H and O–H groups in total. The number of benzene rings is 1. The maximum absolute atomic E-state index is 13.5. The Morgan fingerprint density at radius 3 is 2.52 bits per heavy atom. The average molecular weight is 355 g/mol. The van der Waals surface area contributed by atoms with Gasteiger partial charge in [0.15, 0.2) is 23.2 Å². The fourth-order valence-corrected chi connectivity index (χ4v) is 2.12. The molecule has 2 aromatic rings. The molecule has 0 spiro atoms. The Morgan fingerprint density at radius 2 is 1.88 bits per heavy atom. The first kappa shape index (κ1) is 18.5. The van der Waals surface area contributed by atoms with E-state index in [1.54, 1.807) is 6.92 Å². The maximum Gasteiger partial charge on any atom is 0.257 e. The molecule has 2 rings (SSSR count). The number of anilines is 1. The van der Waals surface area contributed by atoms with Gasteiger partial charge in [-0.15, -0.1) is 0 Å². The summed E-state index contributed by atoms with van der Waals surface area (Å²) in [5.41, 5.74) is 0.0669. The topological polar surface area (TPSA) is 84.2 Å². The van der Waals surface area contributed by atoms with E-state index in [-0.39, 0.29) is 11.5 Å². The molecule has 1 aromatic heterocycles. The molecule has 0 radical (unpaired) electrons. The molecule has 1 heterocycles. The van der Waals surface area contributed by atoms with Crippen molar-refractivity contribution in [2.75, 3.05) is 11.9 Å². The quantitative estimate of drug-likeness (QED) is 0.808. The van der Waals surface area contributed by atoms with Gasteiger partial charge in [-0.3, -0.25) is 9.59 Å². The zero-order chi connectivity index (χ0) is 18.7. The summed E-state index contributed by atoms with van der Waals surface area (Å²) in [5.74, 6) is -5.68. The van der Waals surface area contributed by atoms with Gasteiger partial charge in [0, 0.05) is 5.92 Å². The second kappa shape index (κ2) is 7.37. The number of rotatable bonds is 5. The van der Waals surface area contributed by atoms with Crippen LogP contribution in [-0.4, -0.2) is 23.5 Å². The highest BCUT2D eigenvalue weighted by molar-refractivity contribution is 6.00. The summed E-state index contributed by atoms with van der Waals surface area (Å²) in [6, 6.07) is 1.57. The number of amides is 2. The van der Waals surface area contributed by atoms with Crippen molar-refractivity contribution < 1.29 is 27.3 Å². The fourth-order valence-electron chi connectivity index (χ4n) is 2.12. The minimum atomic E-state index is -1.69. The molecule has 25 heavy (non-hydrogen) atoms. The minimum Gasteiger partial charge on any atom is -0.360 e. The van der Waals surface area contributed by atoms with Crippen molar-refractivity contribution in [2.24, 2.45) is 0 Å². The second-order valence-electron chi connectivity index (χ2n) is 5.62. The van der Waals surface area contributed by atoms with Crippen LogP contribution in [0.5, 0.6) is 0 Å². The largest absolute Gasteiger partial charge is 0.360 e. The highest BCUT2D eigenvalue weighted by Crippen LogP contribution is 2.22. The molecule has 6 nitrogen and oxygen atoms in total. The molecule has 0 atom stereocenters. The van der Waals surface area contributed by atoms with Crippen LogP contribution in [0.4, 0.5) is 18.9 Å². The first-order chi connectivity index (χ1) is 11.7. The van der Waals surface area contributed by atoms with Crippen molar-refractivity contribution in [3.8, 4) is 0 Å². The van der Waals surface area contributed by atoms with Crippen molar-refractivity contribution in [2.45, 2.75) is 26.7 Å². The third kappa shape index (κ3) is 3.98. The molecule has 134 valence electrons. The Bertz CT molecular complexity index is 818. The highest BCUT2D eigenvalue weighted by Gasteiger charge is 2.23. The number of hydrogen-bond acceptors (Lipinski definition) is 4. The molecule has 0 aliphatic heterocycles. The molecule has 0 aliphatic carbocycles. The highest BCUT2D eigenvalue weighted by atomic mass is 19.2. The Balaban J connectivity index is 2.02. The van der Waals surface area contributed by atoms with Gasteiger partial charge in [-0.2, -0.15) is 0 Å². The summed E-state index contributed by atoms with van der Waals surface area (Å²) in [5, 5.41) is 8.12. The van der Waals surface area contributed by atoms with E-state index in [4.69, 9.17) is 4.52 Å². The number of nitrogens with one attached hydrogen (secondary N) is 2. The Morgan fingerprint density at radius 1 is 1.20 bits per heavy atom. The van der Waals surface area contributed by atoms with E-state index < -0.39 is 41.5 Å². The van der Waals surface area contributed by atoms with E-state index in [9.17, 15) is 22.8 Å². The van der Waals surface area contributed by atoms with Crippen molar-refractivity contribution in [1.29, 1.82) is 0 Å². The number of aromatic nitrogens is 1. The molecule has 2 amide bonds. The molecule has 0 bridgehead atoms. The Hall–Kier alpha value is -2.84. The van der Waals surface area contributed by atoms with Crippen LogP contribution in [0.25, 0.3) is 0 Å². The lowest BCUT2D eigenvalue weighted by atomic mass is 10.0. The lowest BCUT2D eigenvalue weighted by Gasteiger charge is -2.09. The number of carbonyl (C=O) groups is 2. The van der Waals surface area contributed by atoms with Crippen LogP contribution in [0.1, 0.15) is 41.6 Å². The van der Waals surface area contributed by atoms with E-state index >= 15 is 0 Å². The second-order valence-corrected chi connectivity index (χ2v) is 5.62. The van der Waals surface area contributed by atoms with Crippen molar-refractivity contribution in [1.82, 2.24) is 10.5 Å². The van der Waals surface area contributed by atoms with Gasteiger partial charge in [-0.25, -0.2) is 13.2 Å². The van der Waals surface area contributed by atoms with Crippen molar-refractivity contribution in [3.63, 3.8) is 0 Å². The number of hydrogen-bond donors (Lipinski definition) is 2. The number of halogens is 3. The van der Waals surface area contributed by atoms with Gasteiger partial charge in [0.25, 0.3) is 5.91 Å². The predicted molar refractivity (Wildman–Crippen MR) is 82.6 cm³/mol. The summed E-state index contributed by atoms with van der Waals surface area (Å²) in [6.07, 6.45) is 0. The summed E-state index contributed by atoms with van der Waals surface area (Å²) < 4.78 is 44.6. The lowest BCUT2D eigenvalue weighted by Crippen LogP contribution is -2.33. The van der Waals surface area contributed by atoms with Crippen LogP contribution in [0.3, 0.4) is 0 Å². The summed E-state index contributed by atoms with van der Waals surface area (Å²) in [6.45, 7) is 4.71. The fraction of sp³-hybridized carbons (Fsp3) is 0.312. The zero-order valence-electron chi connectivity index (χ0n) is 13.7. The third-order valence-electron chi connectivity index (χ3n) is 3.36. The van der Waals surface area contributed by atoms with Gasteiger partial charge in [0.1, 0.15) is 5.56 Å². The Labute approximate surface area is 141 Å². The zero-order valence-corrected chi connectivity index (χ0v) is 13.7. The third-order valence-corrected chi connectivity index (χ3v) is 3.36. The van der Waals surface area contributed by atoms with E-state index in [1.165, 1.54) is 0 Å². The van der Waals surface area contributed by atoms with Crippen LogP contribution >= 0.6 is 0 Å². The molecule has 0 saturated heterocycles. The molecular formula is C16H16F3N3O3. The molecule has 0 unspecified atom stereocenters. The number of carbonyl (C=O) groups excluding carboxylic acids is 2. The van der Waals surface area contributed by atoms with Gasteiger partial charge >= 0.3 is 0 Å². The summed E-state index contributed by atoms with van der Waals surface area (Å²) in [7, 11) is 0. The van der Waals surface area contributed by atoms with Crippen LogP contribution in [-0.2, 0) is 4.79 Å². The van der Waals surface area contributed by atoms with Crippen molar-refractivity contribution >= 4 is 17.5 Å². The smallest absolute Gasteiger partial charge is 0.257 e. The van der Waals surface area contributed by atoms with Gasteiger partial charge in [-0.1, -0.05) is 19.0 Å². The lowest BCUT2D eigenvalue weighted by molar-refractivity contribution is -0.115. The first-order valence-electron chi connectivity index (χ1n) is 7.40. The van der Waals surface area contributed by atoms with Gasteiger partial charge in [-0.05, 0) is 19.1 Å². The number of nitrogens with zero attached hydrogens (tertiary/aromatic N) is 1. The maximum atomic E-state index is 13.5. The SMILES string of the molecule is Cc1noc(C(C)C)c1C(=O)NCC(=O)Nc1ccc(F)c(F)c1F. The molecule has 0 fully saturated rings. The monoisotopic (exact) mass is 355 g/mol. The number of aryl methyl sites for hydroxylation is 1. The molecular weight excluding hydrogens is 339 g/mol. The van der Waals surface area contributed by atoms with Crippen LogP contribution in [0.2, 0.25) is 0 Å². The first-order valence-corrected chi connectivity index (χ1v) is 7.40. The molecule has 0 saturated carbocycles. The van der Waals surface area contributed by atoms with Gasteiger partial charge in [0.05, 0.1) is 17.9 Å². The van der Waals surface area contributed by atoms with Crippen LogP contribution in [0, 0.1) is 24.4 Å².